The molecular formula is C11H11Cl2NO. The van der Waals surface area contributed by atoms with Gasteiger partial charge in [0.05, 0.1) is 10.0 Å². The van der Waals surface area contributed by atoms with Crippen LogP contribution in [0.25, 0.3) is 6.08 Å². The van der Waals surface area contributed by atoms with Crippen LogP contribution in [0.2, 0.25) is 10.0 Å². The highest BCUT2D eigenvalue weighted by molar-refractivity contribution is 6.42. The summed E-state index contributed by atoms with van der Waals surface area (Å²) in [5, 5.41) is 0.990. The summed E-state index contributed by atoms with van der Waals surface area (Å²) in [5.41, 5.74) is 0.847. The van der Waals surface area contributed by atoms with Crippen LogP contribution in [0.4, 0.5) is 0 Å². The van der Waals surface area contributed by atoms with Gasteiger partial charge >= 0.3 is 0 Å². The standard InChI is InChI=1S/C11H11Cl2NO/c1-14(2)11(15)6-4-8-3-5-9(12)10(13)7-8/h3-7H,1-2H3/b6-4+. The average Bonchev–Trinajstić information content (AvgIpc) is 2.19. The molecule has 0 N–H and O–H groups in total. The molecule has 2 nitrogen and oxygen atoms in total. The fourth-order valence-corrected chi connectivity index (χ4v) is 1.24. The largest absolute Gasteiger partial charge is 0.345 e. The number of halogens is 2. The van der Waals surface area contributed by atoms with Crippen molar-refractivity contribution in [3.8, 4) is 0 Å². The maximum Gasteiger partial charge on any atom is 0.246 e. The van der Waals surface area contributed by atoms with Crippen LogP contribution in [0, 0.1) is 0 Å². The average molecular weight is 244 g/mol. The van der Waals surface area contributed by atoms with Crippen molar-refractivity contribution in [2.24, 2.45) is 0 Å². The van der Waals surface area contributed by atoms with Gasteiger partial charge < -0.3 is 4.90 Å². The quantitative estimate of drug-likeness (QED) is 0.732. The van der Waals surface area contributed by atoms with Gasteiger partial charge in [-0.15, -0.1) is 0 Å². The monoisotopic (exact) mass is 243 g/mol. The normalized spacial score (nSPS) is 10.7. The van der Waals surface area contributed by atoms with Gasteiger partial charge in [0, 0.05) is 20.2 Å². The number of hydrogen-bond acceptors (Lipinski definition) is 1. The molecule has 0 saturated heterocycles. The van der Waals surface area contributed by atoms with Gasteiger partial charge in [0.1, 0.15) is 0 Å². The van der Waals surface area contributed by atoms with Gasteiger partial charge in [-0.1, -0.05) is 29.3 Å². The number of amides is 1. The van der Waals surface area contributed by atoms with Crippen LogP contribution in [0.1, 0.15) is 5.56 Å². The molecule has 15 heavy (non-hydrogen) atoms. The third-order valence-electron chi connectivity index (χ3n) is 1.80. The first-order valence-corrected chi connectivity index (χ1v) is 5.10. The highest BCUT2D eigenvalue weighted by Crippen LogP contribution is 2.23. The van der Waals surface area contributed by atoms with Crippen LogP contribution in [-0.4, -0.2) is 24.9 Å². The van der Waals surface area contributed by atoms with Gasteiger partial charge in [-0.3, -0.25) is 4.79 Å². The molecule has 0 bridgehead atoms. The number of carbonyl (C=O) groups is 1. The van der Waals surface area contributed by atoms with Crippen molar-refractivity contribution in [3.05, 3.63) is 39.9 Å². The van der Waals surface area contributed by atoms with Crippen molar-refractivity contribution in [3.63, 3.8) is 0 Å². The van der Waals surface area contributed by atoms with E-state index >= 15 is 0 Å². The molecular weight excluding hydrogens is 233 g/mol. The Bertz CT molecular complexity index is 400. The minimum Gasteiger partial charge on any atom is -0.345 e. The van der Waals surface area contributed by atoms with Gasteiger partial charge in [-0.2, -0.15) is 0 Å². The van der Waals surface area contributed by atoms with Crippen LogP contribution in [-0.2, 0) is 4.79 Å². The van der Waals surface area contributed by atoms with Gasteiger partial charge in [0.15, 0.2) is 0 Å². The Morgan fingerprint density at radius 1 is 1.27 bits per heavy atom. The predicted molar refractivity (Wildman–Crippen MR) is 64.2 cm³/mol. The van der Waals surface area contributed by atoms with E-state index in [2.05, 4.69) is 0 Å². The molecule has 1 rings (SSSR count). The first-order chi connectivity index (χ1) is 7.00. The van der Waals surface area contributed by atoms with E-state index in [1.807, 2.05) is 0 Å². The van der Waals surface area contributed by atoms with Gasteiger partial charge in [-0.05, 0) is 23.8 Å². The molecule has 1 amide bonds. The van der Waals surface area contributed by atoms with E-state index in [-0.39, 0.29) is 5.91 Å². The van der Waals surface area contributed by atoms with Gasteiger partial charge in [0.2, 0.25) is 5.91 Å². The molecule has 0 aliphatic rings. The zero-order chi connectivity index (χ0) is 11.4. The van der Waals surface area contributed by atoms with Crippen LogP contribution in [0.3, 0.4) is 0 Å². The molecule has 0 saturated carbocycles. The van der Waals surface area contributed by atoms with Crippen LogP contribution in [0.5, 0.6) is 0 Å². The number of nitrogens with zero attached hydrogens (tertiary/aromatic N) is 1. The van der Waals surface area contributed by atoms with E-state index < -0.39 is 0 Å². The smallest absolute Gasteiger partial charge is 0.246 e. The SMILES string of the molecule is CN(C)C(=O)/C=C/c1ccc(Cl)c(Cl)c1. The van der Waals surface area contributed by atoms with Crippen molar-refractivity contribution in [2.75, 3.05) is 14.1 Å². The molecule has 80 valence electrons. The lowest BCUT2D eigenvalue weighted by molar-refractivity contribution is -0.123. The molecule has 1 aromatic carbocycles. The second kappa shape index (κ2) is 5.19. The van der Waals surface area contributed by atoms with E-state index in [1.54, 1.807) is 38.4 Å². The number of hydrogen-bond donors (Lipinski definition) is 0. The Kier molecular flexibility index (Phi) is 4.18. The minimum absolute atomic E-state index is 0.0685. The molecule has 0 aliphatic carbocycles. The molecule has 1 aromatic rings. The third-order valence-corrected chi connectivity index (χ3v) is 2.54. The van der Waals surface area contributed by atoms with Crippen LogP contribution < -0.4 is 0 Å². The summed E-state index contributed by atoms with van der Waals surface area (Å²) in [6.07, 6.45) is 3.18. The third kappa shape index (κ3) is 3.57. The number of rotatable bonds is 2. The summed E-state index contributed by atoms with van der Waals surface area (Å²) < 4.78 is 0. The Morgan fingerprint density at radius 3 is 2.47 bits per heavy atom. The zero-order valence-electron chi connectivity index (χ0n) is 8.50. The highest BCUT2D eigenvalue weighted by Gasteiger charge is 1.99. The molecule has 4 heteroatoms. The Morgan fingerprint density at radius 2 is 1.93 bits per heavy atom. The number of benzene rings is 1. The summed E-state index contributed by atoms with van der Waals surface area (Å²) >= 11 is 11.6. The van der Waals surface area contributed by atoms with Crippen molar-refractivity contribution in [2.45, 2.75) is 0 Å². The van der Waals surface area contributed by atoms with Crippen molar-refractivity contribution in [1.82, 2.24) is 4.90 Å². The van der Waals surface area contributed by atoms with Gasteiger partial charge in [0.25, 0.3) is 0 Å². The molecule has 0 atom stereocenters. The number of likely N-dealkylation sites (N-methyl/N-ethyl adjacent to an activating group) is 1. The minimum atomic E-state index is -0.0685. The van der Waals surface area contributed by atoms with E-state index in [0.29, 0.717) is 10.0 Å². The Balaban J connectivity index is 2.81. The zero-order valence-corrected chi connectivity index (χ0v) is 10.0. The molecule has 0 aliphatic heterocycles. The first-order valence-electron chi connectivity index (χ1n) is 4.35. The van der Waals surface area contributed by atoms with E-state index in [9.17, 15) is 4.79 Å². The molecule has 0 unspecified atom stereocenters. The molecule has 0 spiro atoms. The topological polar surface area (TPSA) is 20.3 Å². The predicted octanol–water partition coefficient (Wildman–Crippen LogP) is 3.09. The second-order valence-electron chi connectivity index (χ2n) is 3.24. The summed E-state index contributed by atoms with van der Waals surface area (Å²) in [6, 6.07) is 5.21. The second-order valence-corrected chi connectivity index (χ2v) is 4.05. The maximum absolute atomic E-state index is 11.2. The molecule has 0 radical (unpaired) electrons. The molecule has 0 heterocycles. The van der Waals surface area contributed by atoms with Crippen LogP contribution in [0.15, 0.2) is 24.3 Å². The Hall–Kier alpha value is -0.990. The van der Waals surface area contributed by atoms with Crippen molar-refractivity contribution in [1.29, 1.82) is 0 Å². The fraction of sp³-hybridized carbons (Fsp3) is 0.182. The Labute approximate surface area is 99.1 Å². The fourth-order valence-electron chi connectivity index (χ4n) is 0.933. The lowest BCUT2D eigenvalue weighted by Gasteiger charge is -2.05. The summed E-state index contributed by atoms with van der Waals surface area (Å²) in [7, 11) is 3.39. The van der Waals surface area contributed by atoms with Crippen LogP contribution >= 0.6 is 23.2 Å². The first kappa shape index (κ1) is 12.1. The lowest BCUT2D eigenvalue weighted by Crippen LogP contribution is -2.18. The van der Waals surface area contributed by atoms with E-state index in [0.717, 1.165) is 5.56 Å². The molecule has 0 fully saturated rings. The molecule has 0 aromatic heterocycles. The van der Waals surface area contributed by atoms with Gasteiger partial charge in [-0.25, -0.2) is 0 Å². The summed E-state index contributed by atoms with van der Waals surface area (Å²) in [4.78, 5) is 12.7. The summed E-state index contributed by atoms with van der Waals surface area (Å²) in [6.45, 7) is 0. The number of carbonyl (C=O) groups excluding carboxylic acids is 1. The highest BCUT2D eigenvalue weighted by atomic mass is 35.5. The summed E-state index contributed by atoms with van der Waals surface area (Å²) in [5.74, 6) is -0.0685. The van der Waals surface area contributed by atoms with E-state index in [1.165, 1.54) is 11.0 Å². The van der Waals surface area contributed by atoms with Crippen molar-refractivity contribution >= 4 is 35.2 Å². The van der Waals surface area contributed by atoms with Crippen molar-refractivity contribution < 1.29 is 4.79 Å². The lowest BCUT2D eigenvalue weighted by atomic mass is 10.2. The maximum atomic E-state index is 11.2. The van der Waals surface area contributed by atoms with E-state index in [4.69, 9.17) is 23.2 Å².